The van der Waals surface area contributed by atoms with E-state index in [9.17, 15) is 0 Å². The SMILES string of the molecule is S=C([S-])N(Cc1ccccc1)Cc1ccccc1.S=C([S-])N(Cc1ccccc1)Cc1ccccc1.S=C([S-])N(Cc1ccccc1)Cc1ccccc1.[Ce+3]. The molecule has 6 aromatic rings. The van der Waals surface area contributed by atoms with Crippen molar-refractivity contribution in [2.75, 3.05) is 0 Å². The molecule has 0 unspecified atom stereocenters. The summed E-state index contributed by atoms with van der Waals surface area (Å²) in [7, 11) is 0. The maximum atomic E-state index is 5.16. The summed E-state index contributed by atoms with van der Waals surface area (Å²) in [5.41, 5.74) is 7.34. The van der Waals surface area contributed by atoms with Crippen LogP contribution in [-0.4, -0.2) is 27.7 Å². The van der Waals surface area contributed by atoms with Crippen LogP contribution in [0.25, 0.3) is 0 Å². The Bertz CT molecular complexity index is 1600. The van der Waals surface area contributed by atoms with Crippen molar-refractivity contribution in [1.82, 2.24) is 14.7 Å². The summed E-state index contributed by atoms with van der Waals surface area (Å²) in [5, 5.41) is 0. The molecule has 0 heterocycles. The number of hydrogen-bond acceptors (Lipinski definition) is 6. The van der Waals surface area contributed by atoms with Crippen molar-refractivity contribution in [2.24, 2.45) is 0 Å². The minimum absolute atomic E-state index is 0. The Kier molecular flexibility index (Phi) is 22.6. The molecule has 3 nitrogen and oxygen atoms in total. The summed E-state index contributed by atoms with van der Waals surface area (Å²) < 4.78 is 1.55. The van der Waals surface area contributed by atoms with Crippen molar-refractivity contribution in [3.63, 3.8) is 0 Å². The molecule has 6 rings (SSSR count). The third kappa shape index (κ3) is 18.7. The largest absolute Gasteiger partial charge is 3.00 e. The Balaban J connectivity index is 0.000000220. The van der Waals surface area contributed by atoms with Crippen LogP contribution in [-0.2, 0) is 77.2 Å². The Morgan fingerprint density at radius 1 is 0.291 bits per heavy atom. The van der Waals surface area contributed by atoms with Gasteiger partial charge in [-0.15, -0.1) is 0 Å². The molecule has 0 aliphatic rings. The van der Waals surface area contributed by atoms with Gasteiger partial charge in [0.2, 0.25) is 0 Å². The van der Waals surface area contributed by atoms with E-state index in [1.165, 1.54) is 33.4 Å². The monoisotopic (exact) mass is 956 g/mol. The van der Waals surface area contributed by atoms with Gasteiger partial charge in [-0.05, 0) is 33.4 Å². The Morgan fingerprint density at radius 3 is 0.527 bits per heavy atom. The van der Waals surface area contributed by atoms with Gasteiger partial charge in [0.25, 0.3) is 0 Å². The fourth-order valence-corrected chi connectivity index (χ4v) is 6.15. The van der Waals surface area contributed by atoms with Gasteiger partial charge in [-0.3, -0.25) is 0 Å². The predicted molar refractivity (Wildman–Crippen MR) is 246 cm³/mol. The molecule has 0 N–H and O–H groups in total. The van der Waals surface area contributed by atoms with E-state index < -0.39 is 0 Å². The molecule has 0 aromatic heterocycles. The fraction of sp³-hybridized carbons (Fsp3) is 0.133. The van der Waals surface area contributed by atoms with E-state index in [2.05, 4.69) is 72.8 Å². The van der Waals surface area contributed by atoms with E-state index in [1.807, 2.05) is 124 Å². The molecule has 277 valence electrons. The maximum absolute atomic E-state index is 5.16. The number of thiocarbonyl (C=S) groups is 3. The van der Waals surface area contributed by atoms with Gasteiger partial charge in [-0.2, -0.15) is 0 Å². The van der Waals surface area contributed by atoms with Crippen molar-refractivity contribution in [3.05, 3.63) is 215 Å². The minimum atomic E-state index is 0. The number of benzene rings is 6. The molecule has 0 amide bonds. The Morgan fingerprint density at radius 2 is 0.418 bits per heavy atom. The van der Waals surface area contributed by atoms with Crippen LogP contribution in [0.15, 0.2) is 182 Å². The quantitative estimate of drug-likeness (QED) is 0.0869. The van der Waals surface area contributed by atoms with E-state index in [1.54, 1.807) is 0 Å². The normalized spacial score (nSPS) is 9.82. The summed E-state index contributed by atoms with van der Waals surface area (Å²) >= 11 is 30.9. The maximum Gasteiger partial charge on any atom is 3.00 e. The van der Waals surface area contributed by atoms with Gasteiger partial charge in [0.1, 0.15) is 0 Å². The molecule has 0 fully saturated rings. The van der Waals surface area contributed by atoms with Crippen molar-refractivity contribution in [3.8, 4) is 0 Å². The van der Waals surface area contributed by atoms with Gasteiger partial charge in [0.05, 0.1) is 0 Å². The van der Waals surface area contributed by atoms with E-state index in [0.717, 1.165) is 39.3 Å². The first kappa shape index (κ1) is 46.4. The van der Waals surface area contributed by atoms with Gasteiger partial charge in [0.15, 0.2) is 0 Å². The second-order valence-corrected chi connectivity index (χ2v) is 15.4. The summed E-state index contributed by atoms with van der Waals surface area (Å²) in [5.74, 6) is 0. The summed E-state index contributed by atoms with van der Waals surface area (Å²) in [4.78, 5) is 6.11. The summed E-state index contributed by atoms with van der Waals surface area (Å²) in [6.07, 6.45) is 0. The third-order valence-corrected chi connectivity index (χ3v) is 9.62. The van der Waals surface area contributed by atoms with E-state index in [0.29, 0.717) is 13.0 Å². The molecule has 0 bridgehead atoms. The zero-order valence-corrected chi connectivity index (χ0v) is 38.4. The third-order valence-electron chi connectivity index (χ3n) is 8.07. The minimum Gasteiger partial charge on any atom is -0.411 e. The van der Waals surface area contributed by atoms with Crippen molar-refractivity contribution >= 4 is 87.5 Å². The van der Waals surface area contributed by atoms with Gasteiger partial charge >= 0.3 is 41.7 Å². The Hall–Kier alpha value is -2.97. The predicted octanol–water partition coefficient (Wildman–Crippen LogP) is 10.6. The number of rotatable bonds is 12. The van der Waals surface area contributed by atoms with Gasteiger partial charge in [0, 0.05) is 39.3 Å². The second-order valence-electron chi connectivity index (χ2n) is 12.3. The average Bonchev–Trinajstić information content (AvgIpc) is 3.20. The second kappa shape index (κ2) is 26.8. The van der Waals surface area contributed by atoms with Crippen LogP contribution in [0.3, 0.4) is 0 Å². The summed E-state index contributed by atoms with van der Waals surface area (Å²) in [6.45, 7) is 4.57. The van der Waals surface area contributed by atoms with Crippen LogP contribution in [0.1, 0.15) is 33.4 Å². The molecule has 0 aliphatic heterocycles. The van der Waals surface area contributed by atoms with E-state index in [4.69, 9.17) is 74.5 Å². The van der Waals surface area contributed by atoms with Crippen molar-refractivity contribution < 1.29 is 41.7 Å². The molecule has 0 atom stereocenters. The average molecular weight is 957 g/mol. The Labute approximate surface area is 394 Å². The van der Waals surface area contributed by atoms with E-state index in [-0.39, 0.29) is 41.7 Å². The molecule has 0 aliphatic carbocycles. The van der Waals surface area contributed by atoms with Crippen molar-refractivity contribution in [2.45, 2.75) is 39.3 Å². The van der Waals surface area contributed by atoms with Crippen LogP contribution in [0.2, 0.25) is 0 Å². The van der Waals surface area contributed by atoms with Crippen LogP contribution >= 0.6 is 36.7 Å². The molecule has 10 heteroatoms. The molecule has 0 saturated heterocycles. The zero-order valence-electron chi connectivity index (χ0n) is 30.4. The molecule has 55 heavy (non-hydrogen) atoms. The number of nitrogens with zero attached hydrogens (tertiary/aromatic N) is 3. The first-order valence-corrected chi connectivity index (χ1v) is 19.8. The molecule has 1 radical (unpaired) electrons. The topological polar surface area (TPSA) is 9.72 Å². The smallest absolute Gasteiger partial charge is 0.411 e. The molecule has 6 aromatic carbocycles. The molecule has 0 saturated carbocycles. The van der Waals surface area contributed by atoms with Crippen LogP contribution < -0.4 is 0 Å². The molecule has 0 spiro atoms. The van der Waals surface area contributed by atoms with Gasteiger partial charge in [-0.25, -0.2) is 0 Å². The van der Waals surface area contributed by atoms with Crippen LogP contribution in [0.4, 0.5) is 0 Å². The van der Waals surface area contributed by atoms with Crippen molar-refractivity contribution in [1.29, 1.82) is 0 Å². The van der Waals surface area contributed by atoms with E-state index >= 15 is 0 Å². The first-order chi connectivity index (χ1) is 26.3. The van der Waals surface area contributed by atoms with Gasteiger partial charge < -0.3 is 89.2 Å². The van der Waals surface area contributed by atoms with Gasteiger partial charge in [-0.1, -0.05) is 195 Å². The zero-order chi connectivity index (χ0) is 38.4. The summed E-state index contributed by atoms with van der Waals surface area (Å²) in [6, 6.07) is 61.5. The number of hydrogen-bond donors (Lipinski definition) is 0. The first-order valence-electron chi connectivity index (χ1n) is 17.4. The molecular formula is C45H42CeN3S6. The molecular weight excluding hydrogens is 915 g/mol. The standard InChI is InChI=1S/3C15H15NS2.Ce/c3*17-15(18)16(11-13-7-3-1-4-8-13)12-14-9-5-2-6-10-14;/h3*1-10H,11-12H2,(H,17,18);/q;;;+3/p-3. The fourth-order valence-electron chi connectivity index (χ4n) is 5.38. The van der Waals surface area contributed by atoms with Crippen LogP contribution in [0.5, 0.6) is 0 Å². The van der Waals surface area contributed by atoms with Crippen LogP contribution in [0, 0.1) is 41.7 Å².